The molecule has 1 aromatic rings. The number of benzene rings is 1. The van der Waals surface area contributed by atoms with Crippen LogP contribution in [0.2, 0.25) is 0 Å². The van der Waals surface area contributed by atoms with Gasteiger partial charge in [-0.1, -0.05) is 6.92 Å². The molecule has 1 aliphatic heterocycles. The smallest absolute Gasteiger partial charge is 0.243 e. The molecule has 122 valence electrons. The van der Waals surface area contributed by atoms with Crippen LogP contribution in [0.5, 0.6) is 0 Å². The molecule has 0 N–H and O–H groups in total. The molecule has 2 rings (SSSR count). The van der Waals surface area contributed by atoms with Gasteiger partial charge in [0, 0.05) is 20.1 Å². The van der Waals surface area contributed by atoms with E-state index < -0.39 is 15.8 Å². The Morgan fingerprint density at radius 3 is 2.59 bits per heavy atom. The van der Waals surface area contributed by atoms with Crippen LogP contribution in [0.4, 0.5) is 4.39 Å². The van der Waals surface area contributed by atoms with Crippen molar-refractivity contribution in [3.05, 3.63) is 30.1 Å². The Kier molecular flexibility index (Phi) is 5.18. The lowest BCUT2D eigenvalue weighted by molar-refractivity contribution is -0.132. The molecule has 0 bridgehead atoms. The average Bonchev–Trinajstić information content (AvgIpc) is 2.47. The summed E-state index contributed by atoms with van der Waals surface area (Å²) in [5.74, 6) is -0.253. The van der Waals surface area contributed by atoms with Crippen LogP contribution < -0.4 is 0 Å². The maximum atomic E-state index is 12.9. The number of likely N-dealkylation sites (N-methyl/N-ethyl adjacent to an activating group) is 1. The second kappa shape index (κ2) is 6.75. The first-order valence-corrected chi connectivity index (χ1v) is 8.74. The van der Waals surface area contributed by atoms with E-state index in [1.54, 1.807) is 4.90 Å². The fourth-order valence-electron chi connectivity index (χ4n) is 2.58. The molecule has 0 spiro atoms. The number of sulfonamides is 1. The van der Waals surface area contributed by atoms with Gasteiger partial charge in [0.05, 0.1) is 11.4 Å². The molecule has 1 amide bonds. The zero-order valence-electron chi connectivity index (χ0n) is 12.8. The minimum absolute atomic E-state index is 0.0174. The minimum atomic E-state index is -3.78. The van der Waals surface area contributed by atoms with E-state index in [2.05, 4.69) is 6.92 Å². The highest BCUT2D eigenvalue weighted by Gasteiger charge is 2.27. The van der Waals surface area contributed by atoms with Gasteiger partial charge >= 0.3 is 0 Å². The van der Waals surface area contributed by atoms with Crippen LogP contribution in [0, 0.1) is 11.7 Å². The minimum Gasteiger partial charge on any atom is -0.341 e. The first-order chi connectivity index (χ1) is 10.3. The number of rotatable bonds is 4. The highest BCUT2D eigenvalue weighted by Crippen LogP contribution is 2.18. The number of likely N-dealkylation sites (tertiary alicyclic amines) is 1. The molecule has 1 aromatic carbocycles. The van der Waals surface area contributed by atoms with Crippen molar-refractivity contribution in [3.63, 3.8) is 0 Å². The highest BCUT2D eigenvalue weighted by molar-refractivity contribution is 7.89. The number of carbonyl (C=O) groups excluding carboxylic acids is 1. The first kappa shape index (κ1) is 16.9. The molecule has 0 aromatic heterocycles. The van der Waals surface area contributed by atoms with E-state index in [1.165, 1.54) is 19.2 Å². The van der Waals surface area contributed by atoms with Crippen LogP contribution in [0.25, 0.3) is 0 Å². The van der Waals surface area contributed by atoms with Crippen molar-refractivity contribution < 1.29 is 17.6 Å². The quantitative estimate of drug-likeness (QED) is 0.845. The van der Waals surface area contributed by atoms with Crippen molar-refractivity contribution in [2.24, 2.45) is 5.92 Å². The van der Waals surface area contributed by atoms with Gasteiger partial charge in [-0.05, 0) is 43.0 Å². The molecule has 1 fully saturated rings. The number of amides is 1. The third kappa shape index (κ3) is 3.84. The maximum absolute atomic E-state index is 12.9. The van der Waals surface area contributed by atoms with Gasteiger partial charge in [-0.25, -0.2) is 12.8 Å². The normalized spacial score (nSPS) is 19.5. The highest BCUT2D eigenvalue weighted by atomic mass is 32.2. The first-order valence-electron chi connectivity index (χ1n) is 7.30. The summed E-state index contributed by atoms with van der Waals surface area (Å²) in [5, 5.41) is 0. The molecular weight excluding hydrogens is 307 g/mol. The number of halogens is 1. The summed E-state index contributed by atoms with van der Waals surface area (Å²) in [6.07, 6.45) is 2.04. The Balaban J connectivity index is 2.05. The van der Waals surface area contributed by atoms with Gasteiger partial charge in [0.1, 0.15) is 5.82 Å². The van der Waals surface area contributed by atoms with Crippen LogP contribution in [-0.2, 0) is 14.8 Å². The van der Waals surface area contributed by atoms with E-state index in [0.29, 0.717) is 19.0 Å². The van der Waals surface area contributed by atoms with Gasteiger partial charge in [-0.2, -0.15) is 4.31 Å². The molecule has 5 nitrogen and oxygen atoms in total. The third-order valence-corrected chi connectivity index (χ3v) is 5.71. The standard InChI is InChI=1S/C15H21FN2O3S/c1-12-4-3-9-18(10-12)15(19)11-17(2)22(20,21)14-7-5-13(16)6-8-14/h5-8,12H,3-4,9-11H2,1-2H3. The number of piperidine rings is 1. The summed E-state index contributed by atoms with van der Waals surface area (Å²) < 4.78 is 38.6. The van der Waals surface area contributed by atoms with Crippen LogP contribution in [0.1, 0.15) is 19.8 Å². The largest absolute Gasteiger partial charge is 0.341 e. The average molecular weight is 328 g/mol. The Hall–Kier alpha value is -1.47. The Morgan fingerprint density at radius 1 is 1.36 bits per heavy atom. The van der Waals surface area contributed by atoms with Crippen LogP contribution in [0.15, 0.2) is 29.2 Å². The Labute approximate surface area is 130 Å². The molecular formula is C15H21FN2O3S. The lowest BCUT2D eigenvalue weighted by Crippen LogP contribution is -2.45. The van der Waals surface area contributed by atoms with Crippen molar-refractivity contribution in [2.75, 3.05) is 26.7 Å². The molecule has 0 aliphatic carbocycles. The van der Waals surface area contributed by atoms with E-state index >= 15 is 0 Å². The van der Waals surface area contributed by atoms with Crippen molar-refractivity contribution in [1.29, 1.82) is 0 Å². The number of hydrogen-bond donors (Lipinski definition) is 0. The molecule has 0 radical (unpaired) electrons. The fraction of sp³-hybridized carbons (Fsp3) is 0.533. The van der Waals surface area contributed by atoms with Crippen molar-refractivity contribution in [1.82, 2.24) is 9.21 Å². The molecule has 0 saturated carbocycles. The van der Waals surface area contributed by atoms with E-state index in [4.69, 9.17) is 0 Å². The lowest BCUT2D eigenvalue weighted by Gasteiger charge is -2.32. The van der Waals surface area contributed by atoms with E-state index in [-0.39, 0.29) is 17.3 Å². The van der Waals surface area contributed by atoms with Crippen molar-refractivity contribution in [2.45, 2.75) is 24.7 Å². The molecule has 22 heavy (non-hydrogen) atoms. The maximum Gasteiger partial charge on any atom is 0.243 e. The van der Waals surface area contributed by atoms with Crippen molar-refractivity contribution in [3.8, 4) is 0 Å². The number of carbonyl (C=O) groups is 1. The SMILES string of the molecule is CC1CCCN(C(=O)CN(C)S(=O)(=O)c2ccc(F)cc2)C1. The van der Waals surface area contributed by atoms with Crippen LogP contribution in [-0.4, -0.2) is 50.2 Å². The summed E-state index contributed by atoms with van der Waals surface area (Å²) >= 11 is 0. The van der Waals surface area contributed by atoms with Gasteiger partial charge < -0.3 is 4.90 Å². The summed E-state index contributed by atoms with van der Waals surface area (Å²) in [6.45, 7) is 3.22. The monoisotopic (exact) mass is 328 g/mol. The second-order valence-corrected chi connectivity index (χ2v) is 7.85. The van der Waals surface area contributed by atoms with E-state index in [0.717, 1.165) is 29.3 Å². The van der Waals surface area contributed by atoms with Gasteiger partial charge in [0.15, 0.2) is 0 Å². The Bertz CT molecular complexity index is 631. The zero-order valence-corrected chi connectivity index (χ0v) is 13.6. The number of nitrogens with zero attached hydrogens (tertiary/aromatic N) is 2. The number of hydrogen-bond acceptors (Lipinski definition) is 3. The molecule has 1 aliphatic rings. The van der Waals surface area contributed by atoms with Gasteiger partial charge in [0.2, 0.25) is 15.9 Å². The second-order valence-electron chi connectivity index (χ2n) is 5.80. The van der Waals surface area contributed by atoms with Gasteiger partial charge in [0.25, 0.3) is 0 Å². The summed E-state index contributed by atoms with van der Waals surface area (Å²) in [6, 6.07) is 4.59. The predicted octanol–water partition coefficient (Wildman–Crippen LogP) is 1.70. The molecule has 7 heteroatoms. The van der Waals surface area contributed by atoms with Crippen molar-refractivity contribution >= 4 is 15.9 Å². The summed E-state index contributed by atoms with van der Waals surface area (Å²) in [7, 11) is -2.42. The van der Waals surface area contributed by atoms with E-state index in [1.807, 2.05) is 0 Å². The fourth-order valence-corrected chi connectivity index (χ4v) is 3.70. The van der Waals surface area contributed by atoms with E-state index in [9.17, 15) is 17.6 Å². The zero-order chi connectivity index (χ0) is 16.3. The molecule has 1 unspecified atom stereocenters. The van der Waals surface area contributed by atoms with Gasteiger partial charge in [-0.15, -0.1) is 0 Å². The van der Waals surface area contributed by atoms with Crippen LogP contribution in [0.3, 0.4) is 0 Å². The topological polar surface area (TPSA) is 57.7 Å². The summed E-state index contributed by atoms with van der Waals surface area (Å²) in [5.41, 5.74) is 0. The molecule has 1 heterocycles. The molecule has 1 atom stereocenters. The predicted molar refractivity (Wildman–Crippen MR) is 81.2 cm³/mol. The lowest BCUT2D eigenvalue weighted by atomic mass is 10.0. The summed E-state index contributed by atoms with van der Waals surface area (Å²) in [4.78, 5) is 13.9. The Morgan fingerprint density at radius 2 is 2.00 bits per heavy atom. The third-order valence-electron chi connectivity index (χ3n) is 3.89. The van der Waals surface area contributed by atoms with Gasteiger partial charge in [-0.3, -0.25) is 4.79 Å². The van der Waals surface area contributed by atoms with Crippen LogP contribution >= 0.6 is 0 Å². The molecule has 1 saturated heterocycles.